The maximum atomic E-state index is 15.0. The quantitative estimate of drug-likeness (QED) is 0.406. The largest absolute Gasteiger partial charge is 0.376 e. The number of halogens is 4. The fourth-order valence-corrected chi connectivity index (χ4v) is 6.23. The van der Waals surface area contributed by atoms with Crippen molar-refractivity contribution in [3.05, 3.63) is 40.5 Å². The van der Waals surface area contributed by atoms with E-state index in [4.69, 9.17) is 11.6 Å². The number of carbonyl (C=O) groups is 3. The van der Waals surface area contributed by atoms with Gasteiger partial charge in [-0.05, 0) is 50.0 Å². The van der Waals surface area contributed by atoms with E-state index in [1.807, 2.05) is 0 Å². The first-order valence-corrected chi connectivity index (χ1v) is 14.9. The molecule has 1 saturated carbocycles. The SMILES string of the molecule is CS(=O)(=O)/C(F)=C/[C@@H](C[C@@H]1CCNC1=O)NC(=O)[C@H]1[C@H]2CC[C@H](CC2(F)F)N1C(=O)CNc1cccc(Cl)c1. The second kappa shape index (κ2) is 11.4. The van der Waals surface area contributed by atoms with E-state index in [0.717, 1.165) is 4.90 Å². The number of benzene rings is 1. The number of nitrogens with one attached hydrogen (secondary N) is 3. The Balaban J connectivity index is 1.58. The summed E-state index contributed by atoms with van der Waals surface area (Å²) in [5.74, 6) is -7.20. The van der Waals surface area contributed by atoms with Crippen LogP contribution in [0.25, 0.3) is 0 Å². The predicted octanol–water partition coefficient (Wildman–Crippen LogP) is 2.63. The molecule has 2 bridgehead atoms. The van der Waals surface area contributed by atoms with Gasteiger partial charge in [-0.15, -0.1) is 0 Å². The molecule has 214 valence electrons. The van der Waals surface area contributed by atoms with Crippen molar-refractivity contribution in [1.82, 2.24) is 15.5 Å². The molecule has 0 spiro atoms. The number of hydrogen-bond donors (Lipinski definition) is 3. The highest BCUT2D eigenvalue weighted by Crippen LogP contribution is 2.49. The van der Waals surface area contributed by atoms with Gasteiger partial charge in [0.2, 0.25) is 32.7 Å². The number of amides is 3. The molecule has 1 aromatic rings. The first kappa shape index (κ1) is 29.2. The van der Waals surface area contributed by atoms with Crippen LogP contribution in [0.1, 0.15) is 32.1 Å². The number of alkyl halides is 2. The molecule has 3 aliphatic heterocycles. The lowest BCUT2D eigenvalue weighted by Crippen LogP contribution is -2.69. The summed E-state index contributed by atoms with van der Waals surface area (Å²) in [6.07, 6.45) is 1.27. The summed E-state index contributed by atoms with van der Waals surface area (Å²) in [7, 11) is -4.25. The van der Waals surface area contributed by atoms with Gasteiger partial charge in [0, 0.05) is 41.9 Å². The van der Waals surface area contributed by atoms with Crippen molar-refractivity contribution in [2.45, 2.75) is 56.2 Å². The molecule has 14 heteroatoms. The van der Waals surface area contributed by atoms with Gasteiger partial charge in [-0.25, -0.2) is 17.2 Å². The van der Waals surface area contributed by atoms with Crippen LogP contribution in [0.2, 0.25) is 5.02 Å². The summed E-state index contributed by atoms with van der Waals surface area (Å²) < 4.78 is 67.7. The van der Waals surface area contributed by atoms with Gasteiger partial charge in [0.25, 0.3) is 5.92 Å². The van der Waals surface area contributed by atoms with Crippen LogP contribution in [-0.2, 0) is 24.2 Å². The van der Waals surface area contributed by atoms with Gasteiger partial charge in [-0.2, -0.15) is 4.39 Å². The molecule has 3 saturated heterocycles. The molecular weight excluding hydrogens is 561 g/mol. The van der Waals surface area contributed by atoms with Gasteiger partial charge in [-0.1, -0.05) is 17.7 Å². The zero-order valence-corrected chi connectivity index (χ0v) is 22.7. The summed E-state index contributed by atoms with van der Waals surface area (Å²) in [5, 5.41) is 6.88. The third-order valence-corrected chi connectivity index (χ3v) is 8.56. The van der Waals surface area contributed by atoms with Gasteiger partial charge < -0.3 is 20.9 Å². The summed E-state index contributed by atoms with van der Waals surface area (Å²) >= 11 is 5.97. The molecule has 3 N–H and O–H groups in total. The molecule has 0 unspecified atom stereocenters. The Morgan fingerprint density at radius 1 is 1.28 bits per heavy atom. The van der Waals surface area contributed by atoms with Crippen LogP contribution in [0.5, 0.6) is 0 Å². The predicted molar refractivity (Wildman–Crippen MR) is 138 cm³/mol. The van der Waals surface area contributed by atoms with E-state index >= 15 is 0 Å². The van der Waals surface area contributed by atoms with Crippen LogP contribution in [0.3, 0.4) is 0 Å². The number of carbonyl (C=O) groups excluding carboxylic acids is 3. The number of hydrogen-bond acceptors (Lipinski definition) is 6. The molecule has 3 amide bonds. The van der Waals surface area contributed by atoms with Crippen molar-refractivity contribution in [2.75, 3.05) is 24.7 Å². The first-order chi connectivity index (χ1) is 18.3. The molecule has 1 aliphatic carbocycles. The Morgan fingerprint density at radius 2 is 2.03 bits per heavy atom. The molecular formula is C25H30ClF3N4O5S. The minimum atomic E-state index is -4.25. The third kappa shape index (κ3) is 6.68. The van der Waals surface area contributed by atoms with Crippen LogP contribution in [0.4, 0.5) is 18.9 Å². The maximum absolute atomic E-state index is 15.0. The highest BCUT2D eigenvalue weighted by molar-refractivity contribution is 7.94. The molecule has 3 heterocycles. The van der Waals surface area contributed by atoms with Crippen LogP contribution >= 0.6 is 11.6 Å². The smallest absolute Gasteiger partial charge is 0.255 e. The van der Waals surface area contributed by atoms with Gasteiger partial charge in [0.05, 0.1) is 18.5 Å². The molecule has 1 aromatic carbocycles. The van der Waals surface area contributed by atoms with Crippen LogP contribution < -0.4 is 16.0 Å². The second-order valence-electron chi connectivity index (χ2n) is 10.3. The highest BCUT2D eigenvalue weighted by Gasteiger charge is 2.60. The molecule has 4 fully saturated rings. The van der Waals surface area contributed by atoms with E-state index in [-0.39, 0.29) is 25.3 Å². The highest BCUT2D eigenvalue weighted by atomic mass is 35.5. The summed E-state index contributed by atoms with van der Waals surface area (Å²) in [6, 6.07) is 2.84. The number of sulfone groups is 1. The summed E-state index contributed by atoms with van der Waals surface area (Å²) in [5.41, 5.74) is 0.528. The Kier molecular flexibility index (Phi) is 8.50. The Morgan fingerprint density at radius 3 is 2.64 bits per heavy atom. The minimum Gasteiger partial charge on any atom is -0.376 e. The number of nitrogens with zero attached hydrogens (tertiary/aromatic N) is 1. The van der Waals surface area contributed by atoms with Crippen LogP contribution in [-0.4, -0.2) is 74.4 Å². The third-order valence-electron chi connectivity index (χ3n) is 7.48. The zero-order chi connectivity index (χ0) is 28.5. The molecule has 0 radical (unpaired) electrons. The minimum absolute atomic E-state index is 0.00446. The van der Waals surface area contributed by atoms with Crippen molar-refractivity contribution in [3.63, 3.8) is 0 Å². The van der Waals surface area contributed by atoms with Crippen LogP contribution in [0.15, 0.2) is 35.5 Å². The van der Waals surface area contributed by atoms with Crippen LogP contribution in [0, 0.1) is 11.8 Å². The van der Waals surface area contributed by atoms with Crippen molar-refractivity contribution in [2.24, 2.45) is 11.8 Å². The Bertz CT molecular complexity index is 1280. The van der Waals surface area contributed by atoms with Gasteiger partial charge >= 0.3 is 0 Å². The molecule has 0 aromatic heterocycles. The topological polar surface area (TPSA) is 125 Å². The van der Waals surface area contributed by atoms with E-state index in [9.17, 15) is 36.0 Å². The van der Waals surface area contributed by atoms with E-state index in [2.05, 4.69) is 16.0 Å². The lowest BCUT2D eigenvalue weighted by Gasteiger charge is -2.53. The number of rotatable bonds is 9. The monoisotopic (exact) mass is 590 g/mol. The standard InChI is InChI=1S/C25H30ClF3N4O5S/c1-39(37,38)20(27)11-17(9-14-7-8-30-23(14)35)32-24(36)22-19-6-5-18(12-25(19,28)29)33(22)21(34)13-31-16-4-2-3-15(26)10-16/h2-4,10-11,14,17-19,22,31H,5-9,12-13H2,1H3,(H,30,35)(H,32,36)/b20-11+/t14-,17+,18+,19+,22+/m0/s1. The summed E-state index contributed by atoms with van der Waals surface area (Å²) in [4.78, 5) is 40.1. The van der Waals surface area contributed by atoms with Gasteiger partial charge in [0.15, 0.2) is 0 Å². The van der Waals surface area contributed by atoms with Gasteiger partial charge in [-0.3, -0.25) is 14.4 Å². The van der Waals surface area contributed by atoms with E-state index in [0.29, 0.717) is 42.4 Å². The van der Waals surface area contributed by atoms with E-state index < -0.39 is 69.1 Å². The van der Waals surface area contributed by atoms with Crippen molar-refractivity contribution in [3.8, 4) is 0 Å². The van der Waals surface area contributed by atoms with Crippen molar-refractivity contribution < 1.29 is 36.0 Å². The molecule has 4 aliphatic rings. The average molecular weight is 591 g/mol. The first-order valence-electron chi connectivity index (χ1n) is 12.6. The fourth-order valence-electron chi connectivity index (χ4n) is 5.63. The maximum Gasteiger partial charge on any atom is 0.255 e. The lowest BCUT2D eigenvalue weighted by molar-refractivity contribution is -0.193. The normalized spacial score (nSPS) is 27.2. The zero-order valence-electron chi connectivity index (χ0n) is 21.1. The Hall–Kier alpha value is -2.80. The lowest BCUT2D eigenvalue weighted by atomic mass is 9.71. The van der Waals surface area contributed by atoms with E-state index in [1.165, 1.54) is 0 Å². The number of anilines is 1. The second-order valence-corrected chi connectivity index (χ2v) is 12.7. The van der Waals surface area contributed by atoms with Crippen molar-refractivity contribution >= 4 is 44.8 Å². The molecule has 9 nitrogen and oxygen atoms in total. The fraction of sp³-hybridized carbons (Fsp3) is 0.560. The van der Waals surface area contributed by atoms with Gasteiger partial charge in [0.1, 0.15) is 6.04 Å². The summed E-state index contributed by atoms with van der Waals surface area (Å²) in [6.45, 7) is 0.0795. The van der Waals surface area contributed by atoms with E-state index in [1.54, 1.807) is 24.3 Å². The molecule has 39 heavy (non-hydrogen) atoms. The Labute approximate surface area is 229 Å². The molecule has 5 atom stereocenters. The van der Waals surface area contributed by atoms with Crippen molar-refractivity contribution in [1.29, 1.82) is 0 Å². The number of piperidine rings is 2. The molecule has 5 rings (SSSR count). The number of fused-ring (bicyclic) bond motifs is 3. The average Bonchev–Trinajstić information content (AvgIpc) is 3.25.